The molecule has 0 aromatic carbocycles. The van der Waals surface area contributed by atoms with Gasteiger partial charge >= 0.3 is 0 Å². The zero-order valence-electron chi connectivity index (χ0n) is 10.1. The number of aryl methyl sites for hydroxylation is 1. The van der Waals surface area contributed by atoms with Gasteiger partial charge in [0.2, 0.25) is 0 Å². The number of unbranched alkanes of at least 4 members (excludes halogenated alkanes) is 1. The summed E-state index contributed by atoms with van der Waals surface area (Å²) in [6.45, 7) is 1.62. The second-order valence-corrected chi connectivity index (χ2v) is 5.12. The normalized spacial score (nSPS) is 11.2. The van der Waals surface area contributed by atoms with E-state index in [9.17, 15) is 4.79 Å². The molecule has 0 aliphatic rings. The van der Waals surface area contributed by atoms with Crippen LogP contribution < -0.4 is 0 Å². The van der Waals surface area contributed by atoms with E-state index in [0.717, 1.165) is 19.3 Å². The fraction of sp³-hybridized carbons (Fsp3) is 0.667. The lowest BCUT2D eigenvalue weighted by molar-refractivity contribution is -0.119. The predicted octanol–water partition coefficient (Wildman–Crippen LogP) is 4.73. The van der Waals surface area contributed by atoms with E-state index in [1.165, 1.54) is 11.3 Å². The van der Waals surface area contributed by atoms with Gasteiger partial charge in [0.15, 0.2) is 0 Å². The third-order valence-electron chi connectivity index (χ3n) is 2.63. The Morgan fingerprint density at radius 1 is 1.39 bits per heavy atom. The molecular formula is C15H28O2S. The summed E-state index contributed by atoms with van der Waals surface area (Å²) in [5.41, 5.74) is 0. The lowest BCUT2D eigenvalue weighted by Crippen LogP contribution is -2.14. The molecule has 3 heteroatoms. The summed E-state index contributed by atoms with van der Waals surface area (Å²) >= 11 is 1.81. The Morgan fingerprint density at radius 2 is 2.11 bits per heavy atom. The minimum Gasteiger partial charge on any atom is -0.381 e. The van der Waals surface area contributed by atoms with Crippen LogP contribution in [0.2, 0.25) is 0 Å². The molecule has 106 valence electrons. The molecule has 0 N–H and O–H groups in total. The Bertz CT molecular complexity index is 293. The van der Waals surface area contributed by atoms with Gasteiger partial charge in [-0.3, -0.25) is 4.79 Å². The summed E-state index contributed by atoms with van der Waals surface area (Å²) in [7, 11) is 1.69. The highest BCUT2D eigenvalue weighted by molar-refractivity contribution is 7.09. The molecule has 1 unspecified atom stereocenters. The quantitative estimate of drug-likeness (QED) is 0.640. The van der Waals surface area contributed by atoms with Crippen molar-refractivity contribution in [2.45, 2.75) is 60.0 Å². The number of carbonyl (C=O) groups is 1. The first-order chi connectivity index (χ1) is 7.72. The fourth-order valence-electron chi connectivity index (χ4n) is 1.75. The fourth-order valence-corrected chi connectivity index (χ4v) is 2.50. The van der Waals surface area contributed by atoms with Crippen LogP contribution in [-0.2, 0) is 16.0 Å². The molecule has 0 amide bonds. The van der Waals surface area contributed by atoms with Gasteiger partial charge in [-0.15, -0.1) is 11.3 Å². The number of carbonyl (C=O) groups excluding carboxylic acids is 1. The van der Waals surface area contributed by atoms with Crippen molar-refractivity contribution in [2.75, 3.05) is 7.11 Å². The van der Waals surface area contributed by atoms with Crippen LogP contribution in [0.3, 0.4) is 0 Å². The Kier molecular flexibility index (Phi) is 12.5. The summed E-state index contributed by atoms with van der Waals surface area (Å²) in [5, 5.41) is 2.11. The van der Waals surface area contributed by atoms with E-state index in [0.29, 0.717) is 6.42 Å². The number of ether oxygens (including phenoxy) is 1. The predicted molar refractivity (Wildman–Crippen MR) is 81.4 cm³/mol. The maximum Gasteiger partial charge on any atom is 0.132 e. The van der Waals surface area contributed by atoms with Gasteiger partial charge < -0.3 is 4.74 Å². The molecule has 1 heterocycles. The maximum atomic E-state index is 11.0. The number of Topliss-reactive ketones (excluding diaryl/α,β-unsaturated/α-hetero) is 1. The minimum absolute atomic E-state index is 0. The van der Waals surface area contributed by atoms with Gasteiger partial charge in [0.25, 0.3) is 0 Å². The van der Waals surface area contributed by atoms with Crippen molar-refractivity contribution in [3.63, 3.8) is 0 Å². The third-order valence-corrected chi connectivity index (χ3v) is 3.56. The highest BCUT2D eigenvalue weighted by Crippen LogP contribution is 2.15. The average molecular weight is 272 g/mol. The second-order valence-electron chi connectivity index (χ2n) is 4.09. The summed E-state index contributed by atoms with van der Waals surface area (Å²) in [5.74, 6) is 0.213. The van der Waals surface area contributed by atoms with Crippen molar-refractivity contribution in [3.05, 3.63) is 22.4 Å². The molecule has 0 radical (unpaired) electrons. The number of hydrogen-bond acceptors (Lipinski definition) is 3. The standard InChI is InChI=1S/C13H20O2S.2CH4/c1-11(14)10-12(15-2)6-3-4-7-13-8-5-9-16-13;;/h5,8-9,12H,3-4,6-7,10H2,1-2H3;2*1H4. The summed E-state index contributed by atoms with van der Waals surface area (Å²) in [4.78, 5) is 12.4. The van der Waals surface area contributed by atoms with E-state index in [2.05, 4.69) is 17.5 Å². The summed E-state index contributed by atoms with van der Waals surface area (Å²) < 4.78 is 5.28. The molecule has 0 saturated heterocycles. The van der Waals surface area contributed by atoms with Crippen LogP contribution in [0.15, 0.2) is 17.5 Å². The smallest absolute Gasteiger partial charge is 0.132 e. The molecule has 2 nitrogen and oxygen atoms in total. The monoisotopic (exact) mass is 272 g/mol. The molecule has 0 fully saturated rings. The number of ketones is 1. The number of methoxy groups -OCH3 is 1. The van der Waals surface area contributed by atoms with Gasteiger partial charge in [0.05, 0.1) is 6.10 Å². The molecule has 1 aromatic heterocycles. The molecule has 0 bridgehead atoms. The first-order valence-electron chi connectivity index (χ1n) is 5.77. The van der Waals surface area contributed by atoms with E-state index in [4.69, 9.17) is 4.74 Å². The number of rotatable bonds is 8. The van der Waals surface area contributed by atoms with Gasteiger partial charge in [-0.2, -0.15) is 0 Å². The highest BCUT2D eigenvalue weighted by atomic mass is 32.1. The maximum absolute atomic E-state index is 11.0. The van der Waals surface area contributed by atoms with Crippen molar-refractivity contribution in [3.8, 4) is 0 Å². The summed E-state index contributed by atoms with van der Waals surface area (Å²) in [6.07, 6.45) is 5.11. The Hall–Kier alpha value is -0.670. The van der Waals surface area contributed by atoms with Gasteiger partial charge in [0.1, 0.15) is 5.78 Å². The van der Waals surface area contributed by atoms with E-state index in [-0.39, 0.29) is 26.7 Å². The van der Waals surface area contributed by atoms with Crippen LogP contribution in [0.25, 0.3) is 0 Å². The lowest BCUT2D eigenvalue weighted by atomic mass is 10.1. The molecule has 1 atom stereocenters. The van der Waals surface area contributed by atoms with Crippen molar-refractivity contribution < 1.29 is 9.53 Å². The van der Waals surface area contributed by atoms with E-state index in [1.807, 2.05) is 11.3 Å². The molecule has 0 saturated carbocycles. The Labute approximate surface area is 116 Å². The molecule has 1 aromatic rings. The van der Waals surface area contributed by atoms with Crippen LogP contribution >= 0.6 is 11.3 Å². The van der Waals surface area contributed by atoms with Crippen LogP contribution in [-0.4, -0.2) is 19.0 Å². The van der Waals surface area contributed by atoms with Crippen LogP contribution in [0.1, 0.15) is 52.3 Å². The van der Waals surface area contributed by atoms with Crippen LogP contribution in [0.4, 0.5) is 0 Å². The Morgan fingerprint density at radius 3 is 2.61 bits per heavy atom. The van der Waals surface area contributed by atoms with Gasteiger partial charge in [-0.25, -0.2) is 0 Å². The molecule has 0 aliphatic heterocycles. The van der Waals surface area contributed by atoms with Gasteiger partial charge in [0, 0.05) is 18.4 Å². The van der Waals surface area contributed by atoms with Crippen molar-refractivity contribution in [1.82, 2.24) is 0 Å². The molecular weight excluding hydrogens is 244 g/mol. The van der Waals surface area contributed by atoms with Crippen molar-refractivity contribution >= 4 is 17.1 Å². The lowest BCUT2D eigenvalue weighted by Gasteiger charge is -2.12. The summed E-state index contributed by atoms with van der Waals surface area (Å²) in [6, 6.07) is 4.27. The van der Waals surface area contributed by atoms with E-state index >= 15 is 0 Å². The van der Waals surface area contributed by atoms with Crippen LogP contribution in [0.5, 0.6) is 0 Å². The molecule has 0 aliphatic carbocycles. The molecule has 18 heavy (non-hydrogen) atoms. The van der Waals surface area contributed by atoms with Crippen molar-refractivity contribution in [2.24, 2.45) is 0 Å². The average Bonchev–Trinajstić information content (AvgIpc) is 2.74. The zero-order valence-corrected chi connectivity index (χ0v) is 10.9. The zero-order chi connectivity index (χ0) is 11.8. The van der Waals surface area contributed by atoms with Crippen LogP contribution in [0, 0.1) is 0 Å². The highest BCUT2D eigenvalue weighted by Gasteiger charge is 2.09. The first-order valence-corrected chi connectivity index (χ1v) is 6.65. The molecule has 0 spiro atoms. The Balaban J connectivity index is 0. The van der Waals surface area contributed by atoms with Gasteiger partial charge in [-0.05, 0) is 37.6 Å². The van der Waals surface area contributed by atoms with Crippen molar-refractivity contribution in [1.29, 1.82) is 0 Å². The SMILES string of the molecule is C.C.COC(CCCCc1cccs1)CC(C)=O. The third kappa shape index (κ3) is 8.43. The van der Waals surface area contributed by atoms with E-state index < -0.39 is 0 Å². The molecule has 1 rings (SSSR count). The van der Waals surface area contributed by atoms with Gasteiger partial charge in [-0.1, -0.05) is 27.3 Å². The number of hydrogen-bond donors (Lipinski definition) is 0. The second kappa shape index (κ2) is 11.4. The first kappa shape index (κ1) is 19.7. The topological polar surface area (TPSA) is 26.3 Å². The minimum atomic E-state index is 0. The number of thiophene rings is 1. The van der Waals surface area contributed by atoms with E-state index in [1.54, 1.807) is 14.0 Å². The largest absolute Gasteiger partial charge is 0.381 e.